The zero-order chi connectivity index (χ0) is 16.3. The second-order valence-corrected chi connectivity index (χ2v) is 6.24. The molecule has 6 nitrogen and oxygen atoms in total. The first-order valence-electron chi connectivity index (χ1n) is 7.37. The first kappa shape index (κ1) is 16.7. The molecule has 1 amide bonds. The number of benzene rings is 1. The van der Waals surface area contributed by atoms with E-state index in [4.69, 9.17) is 11.6 Å². The Morgan fingerprint density at radius 1 is 1.55 bits per heavy atom. The maximum absolute atomic E-state index is 12.4. The van der Waals surface area contributed by atoms with Gasteiger partial charge in [0.1, 0.15) is 0 Å². The molecule has 22 heavy (non-hydrogen) atoms. The third kappa shape index (κ3) is 3.96. The minimum atomic E-state index is -0.512. The molecule has 0 radical (unpaired) electrons. The summed E-state index contributed by atoms with van der Waals surface area (Å²) >= 11 is 6.01. The molecule has 2 rings (SSSR count). The molecule has 1 saturated heterocycles. The summed E-state index contributed by atoms with van der Waals surface area (Å²) in [4.78, 5) is 24.8. The van der Waals surface area contributed by atoms with E-state index in [0.29, 0.717) is 5.92 Å². The van der Waals surface area contributed by atoms with Crippen molar-refractivity contribution in [3.63, 3.8) is 0 Å². The van der Waals surface area contributed by atoms with E-state index in [0.717, 1.165) is 19.5 Å². The van der Waals surface area contributed by atoms with Crippen LogP contribution >= 0.6 is 11.6 Å². The van der Waals surface area contributed by atoms with Crippen molar-refractivity contribution < 1.29 is 9.72 Å². The van der Waals surface area contributed by atoms with Crippen molar-refractivity contribution in [2.45, 2.75) is 32.7 Å². The SMILES string of the molecule is CC1CCCN(C(C)C(=O)Nc2cc([N+](=O)[O-])ccc2Cl)C1. The van der Waals surface area contributed by atoms with Crippen molar-refractivity contribution in [3.8, 4) is 0 Å². The van der Waals surface area contributed by atoms with Gasteiger partial charge in [0.15, 0.2) is 0 Å². The van der Waals surface area contributed by atoms with Gasteiger partial charge in [0.25, 0.3) is 5.69 Å². The predicted octanol–water partition coefficient (Wildman–Crippen LogP) is 3.31. The quantitative estimate of drug-likeness (QED) is 0.680. The number of carbonyl (C=O) groups is 1. The molecule has 1 aliphatic heterocycles. The summed E-state index contributed by atoms with van der Waals surface area (Å²) in [6.07, 6.45) is 2.26. The maximum Gasteiger partial charge on any atom is 0.271 e. The highest BCUT2D eigenvalue weighted by atomic mass is 35.5. The lowest BCUT2D eigenvalue weighted by molar-refractivity contribution is -0.384. The van der Waals surface area contributed by atoms with E-state index in [1.54, 1.807) is 0 Å². The van der Waals surface area contributed by atoms with Gasteiger partial charge in [0, 0.05) is 18.7 Å². The van der Waals surface area contributed by atoms with Gasteiger partial charge in [-0.25, -0.2) is 0 Å². The first-order valence-corrected chi connectivity index (χ1v) is 7.75. The number of rotatable bonds is 4. The third-order valence-corrected chi connectivity index (χ3v) is 4.36. The minimum Gasteiger partial charge on any atom is -0.323 e. The smallest absolute Gasteiger partial charge is 0.271 e. The highest BCUT2D eigenvalue weighted by Crippen LogP contribution is 2.27. The first-order chi connectivity index (χ1) is 10.4. The fraction of sp³-hybridized carbons (Fsp3) is 0.533. The molecule has 0 spiro atoms. The molecule has 0 saturated carbocycles. The van der Waals surface area contributed by atoms with Crippen molar-refractivity contribution in [1.82, 2.24) is 4.90 Å². The van der Waals surface area contributed by atoms with Crippen molar-refractivity contribution in [1.29, 1.82) is 0 Å². The molecule has 1 heterocycles. The lowest BCUT2D eigenvalue weighted by Crippen LogP contribution is -2.46. The molecular weight excluding hydrogens is 306 g/mol. The second kappa shape index (κ2) is 7.07. The monoisotopic (exact) mass is 325 g/mol. The second-order valence-electron chi connectivity index (χ2n) is 5.83. The molecule has 2 unspecified atom stereocenters. The minimum absolute atomic E-state index is 0.0982. The average Bonchev–Trinajstić information content (AvgIpc) is 2.48. The average molecular weight is 326 g/mol. The normalized spacial score (nSPS) is 20.4. The zero-order valence-corrected chi connectivity index (χ0v) is 13.5. The van der Waals surface area contributed by atoms with Crippen LogP contribution in [0.2, 0.25) is 5.02 Å². The predicted molar refractivity (Wildman–Crippen MR) is 86.2 cm³/mol. The number of amides is 1. The Bertz CT molecular complexity index is 579. The largest absolute Gasteiger partial charge is 0.323 e. The Labute approximate surface area is 134 Å². The maximum atomic E-state index is 12.4. The third-order valence-electron chi connectivity index (χ3n) is 4.03. The number of nitro benzene ring substituents is 1. The van der Waals surface area contributed by atoms with Crippen LogP contribution in [0.5, 0.6) is 0 Å². The fourth-order valence-electron chi connectivity index (χ4n) is 2.70. The molecule has 0 aromatic heterocycles. The van der Waals surface area contributed by atoms with Crippen LogP contribution in [-0.2, 0) is 4.79 Å². The van der Waals surface area contributed by atoms with E-state index in [-0.39, 0.29) is 28.3 Å². The van der Waals surface area contributed by atoms with Crippen LogP contribution in [0.3, 0.4) is 0 Å². The fourth-order valence-corrected chi connectivity index (χ4v) is 2.87. The van der Waals surface area contributed by atoms with Crippen LogP contribution < -0.4 is 5.32 Å². The van der Waals surface area contributed by atoms with Crippen LogP contribution in [0.15, 0.2) is 18.2 Å². The van der Waals surface area contributed by atoms with Gasteiger partial charge in [0.05, 0.1) is 21.7 Å². The van der Waals surface area contributed by atoms with Gasteiger partial charge in [0.2, 0.25) is 5.91 Å². The molecular formula is C15H20ClN3O3. The summed E-state index contributed by atoms with van der Waals surface area (Å²) in [6.45, 7) is 5.80. The van der Waals surface area contributed by atoms with Gasteiger partial charge in [-0.3, -0.25) is 19.8 Å². The van der Waals surface area contributed by atoms with Crippen LogP contribution in [0.4, 0.5) is 11.4 Å². The van der Waals surface area contributed by atoms with E-state index in [1.165, 1.54) is 24.6 Å². The number of carbonyl (C=O) groups excluding carboxylic acids is 1. The van der Waals surface area contributed by atoms with Crippen LogP contribution in [0.1, 0.15) is 26.7 Å². The number of hydrogen-bond donors (Lipinski definition) is 1. The molecule has 1 aromatic rings. The molecule has 0 bridgehead atoms. The number of halogens is 1. The molecule has 1 fully saturated rings. The van der Waals surface area contributed by atoms with Crippen LogP contribution in [0.25, 0.3) is 0 Å². The summed E-state index contributed by atoms with van der Waals surface area (Å²) in [7, 11) is 0. The van der Waals surface area contributed by atoms with Gasteiger partial charge < -0.3 is 5.32 Å². The number of likely N-dealkylation sites (tertiary alicyclic amines) is 1. The van der Waals surface area contributed by atoms with E-state index in [9.17, 15) is 14.9 Å². The molecule has 1 aliphatic rings. The summed E-state index contributed by atoms with van der Waals surface area (Å²) in [5.74, 6) is 0.377. The number of hydrogen-bond acceptors (Lipinski definition) is 4. The van der Waals surface area contributed by atoms with Crippen LogP contribution in [0, 0.1) is 16.0 Å². The lowest BCUT2D eigenvalue weighted by Gasteiger charge is -2.34. The Morgan fingerprint density at radius 3 is 2.91 bits per heavy atom. The van der Waals surface area contributed by atoms with Crippen molar-refractivity contribution >= 4 is 28.9 Å². The summed E-state index contributed by atoms with van der Waals surface area (Å²) < 4.78 is 0. The van der Waals surface area contributed by atoms with Crippen molar-refractivity contribution in [3.05, 3.63) is 33.3 Å². The zero-order valence-electron chi connectivity index (χ0n) is 12.7. The highest BCUT2D eigenvalue weighted by molar-refractivity contribution is 6.33. The summed E-state index contributed by atoms with van der Waals surface area (Å²) in [5, 5.41) is 13.8. The number of nitro groups is 1. The number of nitrogens with zero attached hydrogens (tertiary/aromatic N) is 2. The Morgan fingerprint density at radius 2 is 2.27 bits per heavy atom. The molecule has 1 aromatic carbocycles. The number of nitrogens with one attached hydrogen (secondary N) is 1. The number of non-ortho nitro benzene ring substituents is 1. The lowest BCUT2D eigenvalue weighted by atomic mass is 9.99. The van der Waals surface area contributed by atoms with E-state index < -0.39 is 4.92 Å². The Hall–Kier alpha value is -1.66. The standard InChI is InChI=1S/C15H20ClN3O3/c1-10-4-3-7-18(9-10)11(2)15(20)17-14-8-12(19(21)22)5-6-13(14)16/h5-6,8,10-11H,3-4,7,9H2,1-2H3,(H,17,20). The van der Waals surface area contributed by atoms with Crippen molar-refractivity contribution in [2.75, 3.05) is 18.4 Å². The van der Waals surface area contributed by atoms with Gasteiger partial charge in [-0.05, 0) is 38.3 Å². The molecule has 2 atom stereocenters. The highest BCUT2D eigenvalue weighted by Gasteiger charge is 2.26. The van der Waals surface area contributed by atoms with Gasteiger partial charge in [-0.15, -0.1) is 0 Å². The van der Waals surface area contributed by atoms with E-state index in [1.807, 2.05) is 6.92 Å². The van der Waals surface area contributed by atoms with Crippen molar-refractivity contribution in [2.24, 2.45) is 5.92 Å². The molecule has 0 aliphatic carbocycles. The Balaban J connectivity index is 2.07. The number of anilines is 1. The number of piperidine rings is 1. The van der Waals surface area contributed by atoms with Gasteiger partial charge in [-0.2, -0.15) is 0 Å². The molecule has 1 N–H and O–H groups in total. The molecule has 7 heteroatoms. The van der Waals surface area contributed by atoms with Crippen LogP contribution in [-0.4, -0.2) is 34.9 Å². The van der Waals surface area contributed by atoms with E-state index >= 15 is 0 Å². The summed E-state index contributed by atoms with van der Waals surface area (Å²) in [6, 6.07) is 3.72. The van der Waals surface area contributed by atoms with E-state index in [2.05, 4.69) is 17.1 Å². The topological polar surface area (TPSA) is 75.5 Å². The molecule has 120 valence electrons. The van der Waals surface area contributed by atoms with Gasteiger partial charge >= 0.3 is 0 Å². The van der Waals surface area contributed by atoms with Gasteiger partial charge in [-0.1, -0.05) is 18.5 Å². The Kier molecular flexibility index (Phi) is 5.37. The summed E-state index contributed by atoms with van der Waals surface area (Å²) in [5.41, 5.74) is 0.178.